The molecule has 0 atom stereocenters. The fourth-order valence-corrected chi connectivity index (χ4v) is 1.73. The van der Waals surface area contributed by atoms with E-state index in [1.54, 1.807) is 18.2 Å². The number of nitrogens with zero attached hydrogens (tertiary/aromatic N) is 1. The topological polar surface area (TPSA) is 59.1 Å². The summed E-state index contributed by atoms with van der Waals surface area (Å²) in [5.74, 6) is 0.226. The summed E-state index contributed by atoms with van der Waals surface area (Å²) in [6.07, 6.45) is 2.13. The van der Waals surface area contributed by atoms with E-state index < -0.39 is 0 Å². The average molecular weight is 254 g/mol. The highest BCUT2D eigenvalue weighted by Gasteiger charge is 2.10. The van der Waals surface area contributed by atoms with E-state index in [1.165, 1.54) is 6.20 Å². The van der Waals surface area contributed by atoms with Gasteiger partial charge >= 0.3 is 0 Å². The Balaban J connectivity index is 2.20. The molecule has 1 N–H and O–H groups in total. The fourth-order valence-electron chi connectivity index (χ4n) is 1.73. The molecule has 1 heterocycles. The molecule has 19 heavy (non-hydrogen) atoms. The summed E-state index contributed by atoms with van der Waals surface area (Å²) < 4.78 is 0. The van der Waals surface area contributed by atoms with Crippen molar-refractivity contribution in [2.75, 3.05) is 5.32 Å². The van der Waals surface area contributed by atoms with Crippen LogP contribution in [0, 0.1) is 13.8 Å². The molecule has 0 bridgehead atoms. The van der Waals surface area contributed by atoms with E-state index >= 15 is 0 Å². The summed E-state index contributed by atoms with van der Waals surface area (Å²) in [5.41, 5.74) is 3.12. The first kappa shape index (κ1) is 13.0. The van der Waals surface area contributed by atoms with Gasteiger partial charge in [0.05, 0.1) is 0 Å². The maximum atomic E-state index is 12.1. The van der Waals surface area contributed by atoms with Gasteiger partial charge < -0.3 is 5.32 Å². The second kappa shape index (κ2) is 5.44. The Bertz CT molecular complexity index is 619. The number of carbonyl (C=O) groups is 2. The first-order valence-corrected chi connectivity index (χ1v) is 5.90. The molecule has 2 rings (SSSR count). The average Bonchev–Trinajstić information content (AvgIpc) is 2.42. The Morgan fingerprint density at radius 3 is 2.63 bits per heavy atom. The molecular formula is C15H14N2O2. The third-order valence-corrected chi connectivity index (χ3v) is 3.01. The summed E-state index contributed by atoms with van der Waals surface area (Å²) in [7, 11) is 0. The third-order valence-electron chi connectivity index (χ3n) is 3.01. The summed E-state index contributed by atoms with van der Waals surface area (Å²) in [5, 5.41) is 2.71. The number of amides is 1. The predicted octanol–water partition coefficient (Wildman–Crippen LogP) is 2.76. The van der Waals surface area contributed by atoms with Crippen molar-refractivity contribution in [2.45, 2.75) is 13.8 Å². The van der Waals surface area contributed by atoms with E-state index in [9.17, 15) is 9.59 Å². The van der Waals surface area contributed by atoms with Crippen molar-refractivity contribution in [3.05, 3.63) is 58.8 Å². The molecular weight excluding hydrogens is 240 g/mol. The Morgan fingerprint density at radius 1 is 1.21 bits per heavy atom. The van der Waals surface area contributed by atoms with Crippen LogP contribution in [0.5, 0.6) is 0 Å². The normalized spacial score (nSPS) is 10.0. The number of rotatable bonds is 3. The van der Waals surface area contributed by atoms with Gasteiger partial charge in [-0.05, 0) is 43.2 Å². The van der Waals surface area contributed by atoms with E-state index in [-0.39, 0.29) is 5.91 Å². The lowest BCUT2D eigenvalue weighted by atomic mass is 10.0. The standard InChI is InChI=1S/C15H14N2O2/c1-10-4-3-5-13(11(10)2)15(19)17-14-7-6-12(9-18)8-16-14/h3-9H,1-2H3,(H,16,17,19). The van der Waals surface area contributed by atoms with Gasteiger partial charge in [0.1, 0.15) is 5.82 Å². The molecule has 0 saturated carbocycles. The highest BCUT2D eigenvalue weighted by Crippen LogP contribution is 2.14. The number of aryl methyl sites for hydroxylation is 1. The largest absolute Gasteiger partial charge is 0.307 e. The van der Waals surface area contributed by atoms with Gasteiger partial charge in [-0.15, -0.1) is 0 Å². The molecule has 4 nitrogen and oxygen atoms in total. The molecule has 0 aliphatic rings. The van der Waals surface area contributed by atoms with Crippen molar-refractivity contribution in [1.82, 2.24) is 4.98 Å². The number of aldehydes is 1. The Morgan fingerprint density at radius 2 is 2.00 bits per heavy atom. The number of aromatic nitrogens is 1. The minimum Gasteiger partial charge on any atom is -0.307 e. The van der Waals surface area contributed by atoms with Crippen molar-refractivity contribution in [2.24, 2.45) is 0 Å². The lowest BCUT2D eigenvalue weighted by Crippen LogP contribution is -2.14. The van der Waals surface area contributed by atoms with Crippen LogP contribution < -0.4 is 5.32 Å². The van der Waals surface area contributed by atoms with Crippen molar-refractivity contribution in [1.29, 1.82) is 0 Å². The van der Waals surface area contributed by atoms with Gasteiger partial charge in [0, 0.05) is 17.3 Å². The van der Waals surface area contributed by atoms with Crippen molar-refractivity contribution >= 4 is 18.0 Å². The Kier molecular flexibility index (Phi) is 3.71. The van der Waals surface area contributed by atoms with E-state index in [2.05, 4.69) is 10.3 Å². The zero-order chi connectivity index (χ0) is 13.8. The van der Waals surface area contributed by atoms with Crippen LogP contribution in [-0.4, -0.2) is 17.2 Å². The monoisotopic (exact) mass is 254 g/mol. The van der Waals surface area contributed by atoms with Gasteiger partial charge in [-0.1, -0.05) is 12.1 Å². The second-order valence-corrected chi connectivity index (χ2v) is 4.30. The molecule has 1 amide bonds. The minimum absolute atomic E-state index is 0.201. The van der Waals surface area contributed by atoms with Crippen LogP contribution in [0.2, 0.25) is 0 Å². The molecule has 1 aromatic carbocycles. The van der Waals surface area contributed by atoms with E-state index in [0.29, 0.717) is 23.2 Å². The van der Waals surface area contributed by atoms with Gasteiger partial charge in [-0.2, -0.15) is 0 Å². The van der Waals surface area contributed by atoms with Gasteiger partial charge in [0.2, 0.25) is 0 Å². The first-order chi connectivity index (χ1) is 9.11. The van der Waals surface area contributed by atoms with Crippen molar-refractivity contribution in [3.8, 4) is 0 Å². The predicted molar refractivity (Wildman–Crippen MR) is 73.5 cm³/mol. The highest BCUT2D eigenvalue weighted by atomic mass is 16.1. The smallest absolute Gasteiger partial charge is 0.257 e. The van der Waals surface area contributed by atoms with E-state index in [4.69, 9.17) is 0 Å². The molecule has 0 radical (unpaired) electrons. The van der Waals surface area contributed by atoms with Crippen molar-refractivity contribution < 1.29 is 9.59 Å². The van der Waals surface area contributed by atoms with Gasteiger partial charge in [0.25, 0.3) is 5.91 Å². The quantitative estimate of drug-likeness (QED) is 0.857. The number of hydrogen-bond acceptors (Lipinski definition) is 3. The highest BCUT2D eigenvalue weighted by molar-refractivity contribution is 6.05. The molecule has 0 spiro atoms. The lowest BCUT2D eigenvalue weighted by Gasteiger charge is -2.08. The first-order valence-electron chi connectivity index (χ1n) is 5.90. The van der Waals surface area contributed by atoms with Crippen LogP contribution in [0.25, 0.3) is 0 Å². The maximum Gasteiger partial charge on any atom is 0.257 e. The minimum atomic E-state index is -0.201. The Labute approximate surface area is 111 Å². The van der Waals surface area contributed by atoms with Crippen LogP contribution >= 0.6 is 0 Å². The van der Waals surface area contributed by atoms with E-state index in [0.717, 1.165) is 11.1 Å². The summed E-state index contributed by atoms with van der Waals surface area (Å²) in [4.78, 5) is 26.6. The third kappa shape index (κ3) is 2.85. The molecule has 4 heteroatoms. The van der Waals surface area contributed by atoms with Gasteiger partial charge in [-0.25, -0.2) is 4.98 Å². The lowest BCUT2D eigenvalue weighted by molar-refractivity contribution is 0.102. The Hall–Kier alpha value is -2.49. The maximum absolute atomic E-state index is 12.1. The molecule has 0 saturated heterocycles. The zero-order valence-corrected chi connectivity index (χ0v) is 10.8. The van der Waals surface area contributed by atoms with E-state index in [1.807, 2.05) is 26.0 Å². The molecule has 2 aromatic rings. The molecule has 0 fully saturated rings. The number of hydrogen-bond donors (Lipinski definition) is 1. The van der Waals surface area contributed by atoms with Crippen LogP contribution in [0.3, 0.4) is 0 Å². The number of anilines is 1. The molecule has 96 valence electrons. The summed E-state index contributed by atoms with van der Waals surface area (Å²) in [6, 6.07) is 8.80. The van der Waals surface area contributed by atoms with Gasteiger partial charge in [0.15, 0.2) is 6.29 Å². The second-order valence-electron chi connectivity index (χ2n) is 4.30. The molecule has 0 aliphatic carbocycles. The van der Waals surface area contributed by atoms with Gasteiger partial charge in [-0.3, -0.25) is 9.59 Å². The van der Waals surface area contributed by atoms with Crippen LogP contribution in [-0.2, 0) is 0 Å². The molecule has 0 unspecified atom stereocenters. The van der Waals surface area contributed by atoms with Crippen LogP contribution in [0.15, 0.2) is 36.5 Å². The number of pyridine rings is 1. The van der Waals surface area contributed by atoms with Crippen molar-refractivity contribution in [3.63, 3.8) is 0 Å². The summed E-state index contributed by atoms with van der Waals surface area (Å²) in [6.45, 7) is 3.87. The molecule has 1 aromatic heterocycles. The van der Waals surface area contributed by atoms with Crippen LogP contribution in [0.1, 0.15) is 31.8 Å². The number of nitrogens with one attached hydrogen (secondary N) is 1. The summed E-state index contributed by atoms with van der Waals surface area (Å²) >= 11 is 0. The number of benzene rings is 1. The zero-order valence-electron chi connectivity index (χ0n) is 10.8. The number of carbonyl (C=O) groups excluding carboxylic acids is 2. The SMILES string of the molecule is Cc1cccc(C(=O)Nc2ccc(C=O)cn2)c1C. The fraction of sp³-hybridized carbons (Fsp3) is 0.133. The molecule has 0 aliphatic heterocycles. The van der Waals surface area contributed by atoms with Crippen LogP contribution in [0.4, 0.5) is 5.82 Å².